The van der Waals surface area contributed by atoms with E-state index < -0.39 is 12.0 Å². The van der Waals surface area contributed by atoms with E-state index in [1.165, 1.54) is 27.2 Å². The van der Waals surface area contributed by atoms with Gasteiger partial charge < -0.3 is 0 Å². The van der Waals surface area contributed by atoms with Crippen molar-refractivity contribution in [2.24, 2.45) is 0 Å². The van der Waals surface area contributed by atoms with Gasteiger partial charge >= 0.3 is 0 Å². The van der Waals surface area contributed by atoms with Crippen molar-refractivity contribution in [2.45, 2.75) is 25.0 Å². The number of halogens is 1. The number of benzene rings is 1. The maximum atomic E-state index is 14.3. The van der Waals surface area contributed by atoms with E-state index in [9.17, 15) is 9.18 Å². The highest BCUT2D eigenvalue weighted by Gasteiger charge is 2.17. The van der Waals surface area contributed by atoms with E-state index >= 15 is 0 Å². The zero-order chi connectivity index (χ0) is 16.8. The van der Waals surface area contributed by atoms with Crippen LogP contribution in [0.2, 0.25) is 0 Å². The summed E-state index contributed by atoms with van der Waals surface area (Å²) in [4.78, 5) is 12.6. The molecule has 0 fully saturated rings. The summed E-state index contributed by atoms with van der Waals surface area (Å²) in [6, 6.07) is 4.17. The Morgan fingerprint density at radius 3 is 3.05 bits per heavy atom. The highest BCUT2D eigenvalue weighted by molar-refractivity contribution is 7.98. The quantitative estimate of drug-likeness (QED) is 0.696. The maximum absolute atomic E-state index is 14.3. The number of aromatic nitrogens is 4. The van der Waals surface area contributed by atoms with Crippen molar-refractivity contribution in [3.05, 3.63) is 34.4 Å². The molecule has 0 saturated heterocycles. The minimum Gasteiger partial charge on any atom is -0.276 e. The Bertz CT molecular complexity index is 950. The summed E-state index contributed by atoms with van der Waals surface area (Å²) in [6.07, 6.45) is -1.68. The second-order valence-corrected chi connectivity index (χ2v) is 4.88. The molecule has 2 heterocycles. The summed E-state index contributed by atoms with van der Waals surface area (Å²) in [5, 5.41) is 7.95. The lowest BCUT2D eigenvalue weighted by atomic mass is 10.2. The molecule has 0 bridgehead atoms. The van der Waals surface area contributed by atoms with Crippen LogP contribution in [0.1, 0.15) is 17.5 Å². The van der Waals surface area contributed by atoms with Crippen molar-refractivity contribution in [3.8, 4) is 0 Å². The normalized spacial score (nSPS) is 14.4. The van der Waals surface area contributed by atoms with Gasteiger partial charge in [-0.2, -0.15) is 0 Å². The second-order valence-electron chi connectivity index (χ2n) is 4.31. The summed E-state index contributed by atoms with van der Waals surface area (Å²) >= 11 is 0.500. The van der Waals surface area contributed by atoms with E-state index in [2.05, 4.69) is 10.2 Å². The van der Waals surface area contributed by atoms with E-state index in [-0.39, 0.29) is 27.4 Å². The van der Waals surface area contributed by atoms with Crippen molar-refractivity contribution in [1.29, 1.82) is 0 Å². The predicted molar refractivity (Wildman–Crippen MR) is 76.8 cm³/mol. The van der Waals surface area contributed by atoms with Crippen LogP contribution in [-0.2, 0) is 6.54 Å². The topological polar surface area (TPSA) is 52.2 Å². The Hall–Kier alpha value is -1.89. The lowest BCUT2D eigenvalue weighted by Crippen LogP contribution is -2.23. The lowest BCUT2D eigenvalue weighted by molar-refractivity contribution is 0.626. The molecule has 0 unspecified atom stereocenters. The van der Waals surface area contributed by atoms with Crippen LogP contribution < -0.4 is 5.56 Å². The average molecular weight is 295 g/mol. The molecule has 0 saturated carbocycles. The van der Waals surface area contributed by atoms with Crippen molar-refractivity contribution in [1.82, 2.24) is 19.2 Å². The molecule has 3 aromatic rings. The molecule has 0 N–H and O–H groups in total. The van der Waals surface area contributed by atoms with Crippen LogP contribution in [0, 0.1) is 5.82 Å². The van der Waals surface area contributed by atoms with E-state index in [1.807, 2.05) is 6.92 Å². The fraction of sp³-hybridized carbons (Fsp3) is 0.308. The van der Waals surface area contributed by atoms with Gasteiger partial charge in [0.05, 0.1) is 10.9 Å². The van der Waals surface area contributed by atoms with Crippen LogP contribution in [0.5, 0.6) is 0 Å². The van der Waals surface area contributed by atoms with Gasteiger partial charge in [-0.3, -0.25) is 13.8 Å². The van der Waals surface area contributed by atoms with E-state index in [1.54, 1.807) is 0 Å². The SMILES string of the molecule is [2H]C([2H])([2H])Sc1nnc2n(CCC)c(=O)c3cccc(F)c3n12. The molecule has 1 aromatic carbocycles. The molecule has 0 aliphatic carbocycles. The van der Waals surface area contributed by atoms with Gasteiger partial charge in [0.1, 0.15) is 5.82 Å². The van der Waals surface area contributed by atoms with Gasteiger partial charge in [-0.05, 0) is 24.7 Å². The van der Waals surface area contributed by atoms with Crippen LogP contribution in [0.25, 0.3) is 16.7 Å². The lowest BCUT2D eigenvalue weighted by Gasteiger charge is -2.10. The standard InChI is InChI=1S/C13H13FN4OS/c1-3-7-17-11(19)8-5-4-6-9(14)10(8)18-12(17)15-16-13(18)20-2/h4-6H,3,7H2,1-2H3/i2D3. The minimum absolute atomic E-state index is 0.00315. The van der Waals surface area contributed by atoms with Gasteiger partial charge in [-0.1, -0.05) is 24.8 Å². The van der Waals surface area contributed by atoms with Crippen LogP contribution >= 0.6 is 11.8 Å². The molecule has 7 heteroatoms. The van der Waals surface area contributed by atoms with Crippen molar-refractivity contribution >= 4 is 28.4 Å². The molecule has 104 valence electrons. The molecular formula is C13H13FN4OS. The molecule has 0 atom stereocenters. The number of aryl methyl sites for hydroxylation is 1. The molecule has 2 aromatic heterocycles. The number of thioether (sulfide) groups is 1. The molecule has 0 amide bonds. The Balaban J connectivity index is 2.47. The Morgan fingerprint density at radius 2 is 2.30 bits per heavy atom. The van der Waals surface area contributed by atoms with Gasteiger partial charge in [0, 0.05) is 10.7 Å². The van der Waals surface area contributed by atoms with Crippen LogP contribution in [0.4, 0.5) is 4.39 Å². The van der Waals surface area contributed by atoms with Gasteiger partial charge in [0.15, 0.2) is 5.16 Å². The molecule has 0 radical (unpaired) electrons. The molecule has 3 rings (SSSR count). The smallest absolute Gasteiger partial charge is 0.262 e. The third-order valence-electron chi connectivity index (χ3n) is 3.08. The van der Waals surface area contributed by atoms with Crippen LogP contribution in [0.3, 0.4) is 0 Å². The summed E-state index contributed by atoms with van der Waals surface area (Å²) in [6.45, 7) is 2.28. The van der Waals surface area contributed by atoms with Gasteiger partial charge in [0.25, 0.3) is 5.56 Å². The molecule has 0 spiro atoms. The number of para-hydroxylation sites is 1. The zero-order valence-corrected chi connectivity index (χ0v) is 11.4. The summed E-state index contributed by atoms with van der Waals surface area (Å²) in [5.74, 6) is -0.485. The molecular weight excluding hydrogens is 279 g/mol. The van der Waals surface area contributed by atoms with E-state index in [0.29, 0.717) is 24.7 Å². The van der Waals surface area contributed by atoms with Crippen molar-refractivity contribution < 1.29 is 8.50 Å². The zero-order valence-electron chi connectivity index (χ0n) is 13.6. The summed E-state index contributed by atoms with van der Waals surface area (Å²) in [5.41, 5.74) is -0.372. The first-order valence-electron chi connectivity index (χ1n) is 7.58. The second kappa shape index (κ2) is 4.90. The first-order chi connectivity index (χ1) is 10.8. The van der Waals surface area contributed by atoms with Crippen LogP contribution in [0.15, 0.2) is 28.2 Å². The fourth-order valence-corrected chi connectivity index (χ4v) is 2.62. The number of hydrogen-bond acceptors (Lipinski definition) is 4. The highest BCUT2D eigenvalue weighted by Crippen LogP contribution is 2.21. The Kier molecular flexibility index (Phi) is 2.43. The number of hydrogen-bond donors (Lipinski definition) is 0. The molecule has 0 aliphatic rings. The first-order valence-corrected chi connectivity index (χ1v) is 6.90. The third-order valence-corrected chi connectivity index (χ3v) is 3.53. The Morgan fingerprint density at radius 1 is 1.45 bits per heavy atom. The van der Waals surface area contributed by atoms with Crippen LogP contribution in [-0.4, -0.2) is 25.3 Å². The molecule has 0 aliphatic heterocycles. The van der Waals surface area contributed by atoms with E-state index in [0.717, 1.165) is 0 Å². The number of fused-ring (bicyclic) bond motifs is 3. The number of rotatable bonds is 3. The third kappa shape index (κ3) is 1.73. The largest absolute Gasteiger partial charge is 0.276 e. The molecule has 20 heavy (non-hydrogen) atoms. The van der Waals surface area contributed by atoms with Gasteiger partial charge in [-0.15, -0.1) is 10.2 Å². The molecule has 5 nitrogen and oxygen atoms in total. The van der Waals surface area contributed by atoms with E-state index in [4.69, 9.17) is 4.11 Å². The highest BCUT2D eigenvalue weighted by atomic mass is 32.2. The Labute approximate surface area is 122 Å². The number of nitrogens with zero attached hydrogens (tertiary/aromatic N) is 4. The van der Waals surface area contributed by atoms with Gasteiger partial charge in [-0.25, -0.2) is 4.39 Å². The summed E-state index contributed by atoms with van der Waals surface area (Å²) in [7, 11) is 0. The minimum atomic E-state index is -2.35. The fourth-order valence-electron chi connectivity index (χ4n) is 2.28. The summed E-state index contributed by atoms with van der Waals surface area (Å²) < 4.78 is 39.1. The predicted octanol–water partition coefficient (Wildman–Crippen LogP) is 2.32. The van der Waals surface area contributed by atoms with Crippen molar-refractivity contribution in [3.63, 3.8) is 0 Å². The van der Waals surface area contributed by atoms with Crippen molar-refractivity contribution in [2.75, 3.05) is 6.18 Å². The maximum Gasteiger partial charge on any atom is 0.262 e. The first kappa shape index (κ1) is 9.93. The average Bonchev–Trinajstić information content (AvgIpc) is 2.85. The monoisotopic (exact) mass is 295 g/mol. The van der Waals surface area contributed by atoms with Gasteiger partial charge in [0.2, 0.25) is 5.78 Å².